The van der Waals surface area contributed by atoms with Gasteiger partial charge in [-0.1, -0.05) is 46.3 Å². The molecule has 7 heteroatoms. The van der Waals surface area contributed by atoms with Crippen LogP contribution in [0.1, 0.15) is 36.9 Å². The Bertz CT molecular complexity index is 1240. The summed E-state index contributed by atoms with van der Waals surface area (Å²) in [4.78, 5) is 15.8. The van der Waals surface area contributed by atoms with Crippen LogP contribution in [0.4, 0.5) is 5.69 Å². The van der Waals surface area contributed by atoms with Gasteiger partial charge in [0.25, 0.3) is 11.6 Å². The Kier molecular flexibility index (Phi) is 5.34. The van der Waals surface area contributed by atoms with E-state index in [2.05, 4.69) is 20.5 Å². The van der Waals surface area contributed by atoms with Crippen molar-refractivity contribution in [3.63, 3.8) is 0 Å². The summed E-state index contributed by atoms with van der Waals surface area (Å²) in [6.45, 7) is 3.30. The molecule has 1 N–H and O–H groups in total. The minimum atomic E-state index is -1.31. The fourth-order valence-corrected chi connectivity index (χ4v) is 5.35. The first-order valence-corrected chi connectivity index (χ1v) is 11.9. The van der Waals surface area contributed by atoms with Gasteiger partial charge in [0.1, 0.15) is 0 Å². The molecule has 32 heavy (non-hydrogen) atoms. The molecule has 0 spiro atoms. The number of benzene rings is 2. The molecule has 0 saturated carbocycles. The maximum Gasteiger partial charge on any atom is 0.318 e. The molecular formula is C25H28BrN4O2+. The van der Waals surface area contributed by atoms with E-state index >= 15 is 0 Å². The van der Waals surface area contributed by atoms with Gasteiger partial charge in [-0.3, -0.25) is 14.1 Å². The van der Waals surface area contributed by atoms with Gasteiger partial charge in [-0.15, -0.1) is 0 Å². The predicted molar refractivity (Wildman–Crippen MR) is 130 cm³/mol. The second kappa shape index (κ2) is 8.05. The molecule has 2 aliphatic heterocycles. The summed E-state index contributed by atoms with van der Waals surface area (Å²) >= 11 is 3.50. The smallest absolute Gasteiger partial charge is 0.318 e. The largest absolute Gasteiger partial charge is 0.346 e. The quantitative estimate of drug-likeness (QED) is 0.560. The lowest BCUT2D eigenvalue weighted by Gasteiger charge is -2.28. The Morgan fingerprint density at radius 1 is 1.03 bits per heavy atom. The van der Waals surface area contributed by atoms with Crippen LogP contribution < -0.4 is 10.5 Å². The van der Waals surface area contributed by atoms with Crippen LogP contribution in [0.2, 0.25) is 0 Å². The molecule has 0 fully saturated rings. The van der Waals surface area contributed by atoms with E-state index in [0.717, 1.165) is 59.5 Å². The van der Waals surface area contributed by atoms with E-state index in [0.29, 0.717) is 12.2 Å². The van der Waals surface area contributed by atoms with Crippen LogP contribution in [0.25, 0.3) is 5.69 Å². The number of anilines is 1. The molecule has 3 heterocycles. The van der Waals surface area contributed by atoms with Crippen LogP contribution in [0.5, 0.6) is 0 Å². The summed E-state index contributed by atoms with van der Waals surface area (Å²) < 4.78 is 6.80. The Labute approximate surface area is 196 Å². The maximum absolute atomic E-state index is 13.9. The maximum atomic E-state index is 13.9. The van der Waals surface area contributed by atoms with Crippen LogP contribution in [0.15, 0.2) is 63.9 Å². The standard InChI is InChI=1S/C25H28BrN4O2/c1-18-23(24(31)30(27(18)2)21-9-5-3-6-10-21)29-22-11-7-4-8-16-28(22)17-25(29,32)19-12-14-20(26)15-13-19/h3,5-6,9-10,12-15,32H,4,7-8,11,16-17H2,1-2H3/q+1/t25-/m1/s1. The third-order valence-electron chi connectivity index (χ3n) is 6.79. The summed E-state index contributed by atoms with van der Waals surface area (Å²) in [5, 5.41) is 12.2. The van der Waals surface area contributed by atoms with Gasteiger partial charge in [-0.05, 0) is 50.5 Å². The van der Waals surface area contributed by atoms with Gasteiger partial charge >= 0.3 is 5.56 Å². The Morgan fingerprint density at radius 3 is 2.47 bits per heavy atom. The minimum absolute atomic E-state index is 0.120. The van der Waals surface area contributed by atoms with E-state index < -0.39 is 5.72 Å². The number of halogens is 1. The first-order chi connectivity index (χ1) is 15.4. The number of aromatic nitrogens is 2. The van der Waals surface area contributed by atoms with Crippen molar-refractivity contribution < 1.29 is 9.68 Å². The normalized spacial score (nSPS) is 21.1. The highest BCUT2D eigenvalue weighted by Crippen LogP contribution is 2.38. The van der Waals surface area contributed by atoms with Gasteiger partial charge in [-0.2, -0.15) is 4.90 Å². The summed E-state index contributed by atoms with van der Waals surface area (Å²) in [5.41, 5.74) is 1.53. The van der Waals surface area contributed by atoms with Crippen molar-refractivity contribution >= 4 is 27.5 Å². The molecule has 0 radical (unpaired) electrons. The van der Waals surface area contributed by atoms with Crippen LogP contribution in [-0.2, 0) is 12.8 Å². The van der Waals surface area contributed by atoms with Crippen LogP contribution >= 0.6 is 15.9 Å². The monoisotopic (exact) mass is 495 g/mol. The number of rotatable bonds is 3. The molecule has 5 rings (SSSR count). The Morgan fingerprint density at radius 2 is 1.75 bits per heavy atom. The van der Waals surface area contributed by atoms with Crippen LogP contribution in [0.3, 0.4) is 0 Å². The van der Waals surface area contributed by atoms with Gasteiger partial charge in [0, 0.05) is 23.5 Å². The zero-order valence-corrected chi connectivity index (χ0v) is 20.0. The molecule has 0 aliphatic carbocycles. The summed E-state index contributed by atoms with van der Waals surface area (Å²) in [5.74, 6) is 1.04. The molecule has 3 aromatic rings. The molecule has 166 valence electrons. The molecule has 0 unspecified atom stereocenters. The highest BCUT2D eigenvalue weighted by Gasteiger charge is 2.56. The molecule has 6 nitrogen and oxygen atoms in total. The molecular weight excluding hydrogens is 468 g/mol. The lowest BCUT2D eigenvalue weighted by molar-refractivity contribution is -0.534. The summed E-state index contributed by atoms with van der Waals surface area (Å²) in [6.07, 6.45) is 4.15. The molecule has 0 amide bonds. The van der Waals surface area contributed by atoms with Crippen LogP contribution in [0, 0.1) is 6.92 Å². The number of nitrogens with zero attached hydrogens (tertiary/aromatic N) is 4. The third kappa shape index (κ3) is 3.26. The number of hydrogen-bond donors (Lipinski definition) is 1. The number of amidine groups is 1. The summed E-state index contributed by atoms with van der Waals surface area (Å²) in [6, 6.07) is 17.4. The molecule has 2 aromatic carbocycles. The lowest BCUT2D eigenvalue weighted by Crippen LogP contribution is -2.49. The average Bonchev–Trinajstić information content (AvgIpc) is 3.05. The zero-order chi connectivity index (χ0) is 22.5. The minimum Gasteiger partial charge on any atom is -0.346 e. The van der Waals surface area contributed by atoms with E-state index in [4.69, 9.17) is 0 Å². The third-order valence-corrected chi connectivity index (χ3v) is 7.32. The Hall–Kier alpha value is -2.64. The number of hydrogen-bond acceptors (Lipinski definition) is 3. The van der Waals surface area contributed by atoms with Crippen molar-refractivity contribution in [2.24, 2.45) is 7.05 Å². The van der Waals surface area contributed by atoms with Crippen molar-refractivity contribution in [2.75, 3.05) is 18.0 Å². The second-order valence-corrected chi connectivity index (χ2v) is 9.63. The Balaban J connectivity index is 1.74. The second-order valence-electron chi connectivity index (χ2n) is 8.72. The van der Waals surface area contributed by atoms with Crippen molar-refractivity contribution in [3.8, 4) is 5.69 Å². The van der Waals surface area contributed by atoms with Gasteiger partial charge in [0.05, 0.1) is 17.9 Å². The molecule has 0 bridgehead atoms. The van der Waals surface area contributed by atoms with Crippen molar-refractivity contribution in [1.82, 2.24) is 9.36 Å². The molecule has 0 saturated heterocycles. The van der Waals surface area contributed by atoms with E-state index in [-0.39, 0.29) is 5.56 Å². The fourth-order valence-electron chi connectivity index (χ4n) is 5.09. The topological polar surface area (TPSA) is 53.4 Å². The predicted octanol–water partition coefficient (Wildman–Crippen LogP) is 3.90. The highest BCUT2D eigenvalue weighted by molar-refractivity contribution is 9.10. The van der Waals surface area contributed by atoms with Gasteiger partial charge < -0.3 is 5.11 Å². The van der Waals surface area contributed by atoms with Crippen molar-refractivity contribution in [2.45, 2.75) is 38.3 Å². The molecule has 2 aliphatic rings. The van der Waals surface area contributed by atoms with E-state index in [1.165, 1.54) is 0 Å². The van der Waals surface area contributed by atoms with E-state index in [1.54, 1.807) is 4.68 Å². The number of aliphatic hydroxyl groups is 1. The fraction of sp³-hybridized carbons (Fsp3) is 0.360. The van der Waals surface area contributed by atoms with E-state index in [9.17, 15) is 9.90 Å². The first kappa shape index (κ1) is 21.2. The molecule has 1 atom stereocenters. The van der Waals surface area contributed by atoms with Gasteiger partial charge in [-0.25, -0.2) is 4.68 Å². The van der Waals surface area contributed by atoms with Gasteiger partial charge in [0.15, 0.2) is 6.54 Å². The zero-order valence-electron chi connectivity index (χ0n) is 18.5. The van der Waals surface area contributed by atoms with Crippen molar-refractivity contribution in [3.05, 3.63) is 80.7 Å². The highest BCUT2D eigenvalue weighted by atomic mass is 79.9. The van der Waals surface area contributed by atoms with Crippen molar-refractivity contribution in [1.29, 1.82) is 0 Å². The average molecular weight is 496 g/mol. The SMILES string of the molecule is Cc1c(N2C3=[N+](CCCCC3)C[C@@]2(O)c2ccc(Br)cc2)c(=O)n(-c2ccccc2)n1C. The van der Waals surface area contributed by atoms with Crippen LogP contribution in [-0.4, -0.2) is 38.0 Å². The van der Waals surface area contributed by atoms with Gasteiger partial charge in [0.2, 0.25) is 5.69 Å². The van der Waals surface area contributed by atoms with E-state index in [1.807, 2.05) is 78.2 Å². The number of para-hydroxylation sites is 1. The first-order valence-electron chi connectivity index (χ1n) is 11.2. The lowest BCUT2D eigenvalue weighted by atomic mass is 10.00. The molecule has 1 aromatic heterocycles. The summed E-state index contributed by atoms with van der Waals surface area (Å²) in [7, 11) is 1.90.